The standard InChI is InChI=1S/C13H15F3N2O/c14-13(15,16)7-9-18-8-3-5-11(17-19)10-4-1-2-6-12(10)18/h1-2,4,6,19H,3,5,7-9H2/b17-11-. The molecule has 104 valence electrons. The van der Waals surface area contributed by atoms with Crippen LogP contribution in [0, 0.1) is 0 Å². The number of hydrogen-bond donors (Lipinski definition) is 1. The lowest BCUT2D eigenvalue weighted by molar-refractivity contribution is -0.132. The van der Waals surface area contributed by atoms with Crippen molar-refractivity contribution in [2.45, 2.75) is 25.4 Å². The summed E-state index contributed by atoms with van der Waals surface area (Å²) in [6.45, 7) is 0.464. The Balaban J connectivity index is 2.26. The first-order chi connectivity index (χ1) is 9.01. The molecule has 0 bridgehead atoms. The number of halogens is 3. The molecule has 0 fully saturated rings. The molecule has 6 heteroatoms. The molecule has 0 aliphatic carbocycles. The van der Waals surface area contributed by atoms with Gasteiger partial charge in [-0.2, -0.15) is 13.2 Å². The van der Waals surface area contributed by atoms with Crippen LogP contribution in [-0.4, -0.2) is 30.2 Å². The number of alkyl halides is 3. The lowest BCUT2D eigenvalue weighted by atomic mass is 10.1. The van der Waals surface area contributed by atoms with Crippen LogP contribution in [0.5, 0.6) is 0 Å². The first-order valence-corrected chi connectivity index (χ1v) is 6.13. The monoisotopic (exact) mass is 272 g/mol. The van der Waals surface area contributed by atoms with Crippen molar-refractivity contribution >= 4 is 11.4 Å². The van der Waals surface area contributed by atoms with Gasteiger partial charge < -0.3 is 10.1 Å². The highest BCUT2D eigenvalue weighted by Crippen LogP contribution is 2.28. The molecule has 1 aromatic rings. The van der Waals surface area contributed by atoms with E-state index < -0.39 is 12.6 Å². The number of hydrogen-bond acceptors (Lipinski definition) is 3. The maximum Gasteiger partial charge on any atom is 0.390 e. The van der Waals surface area contributed by atoms with Gasteiger partial charge in [0, 0.05) is 24.3 Å². The highest BCUT2D eigenvalue weighted by Gasteiger charge is 2.29. The second-order valence-electron chi connectivity index (χ2n) is 4.52. The van der Waals surface area contributed by atoms with Gasteiger partial charge in [-0.3, -0.25) is 0 Å². The average Bonchev–Trinajstić information content (AvgIpc) is 2.54. The van der Waals surface area contributed by atoms with Gasteiger partial charge in [-0.25, -0.2) is 0 Å². The predicted octanol–water partition coefficient (Wildman–Crippen LogP) is 3.42. The molecule has 0 saturated heterocycles. The SMILES string of the molecule is O/N=C1/CCCN(CCC(F)(F)F)c2ccccc21. The maximum absolute atomic E-state index is 12.3. The van der Waals surface area contributed by atoms with E-state index in [-0.39, 0.29) is 6.54 Å². The van der Waals surface area contributed by atoms with E-state index in [1.54, 1.807) is 29.2 Å². The normalized spacial score (nSPS) is 18.3. The Hall–Kier alpha value is -1.72. The van der Waals surface area contributed by atoms with E-state index in [2.05, 4.69) is 5.16 Å². The molecular weight excluding hydrogens is 257 g/mol. The lowest BCUT2D eigenvalue weighted by Crippen LogP contribution is -2.28. The van der Waals surface area contributed by atoms with Gasteiger partial charge in [0.05, 0.1) is 12.1 Å². The van der Waals surface area contributed by atoms with E-state index in [9.17, 15) is 13.2 Å². The van der Waals surface area contributed by atoms with Gasteiger partial charge in [0.15, 0.2) is 0 Å². The molecular formula is C13H15F3N2O. The van der Waals surface area contributed by atoms with Crippen LogP contribution in [0.3, 0.4) is 0 Å². The summed E-state index contributed by atoms with van der Waals surface area (Å²) >= 11 is 0. The van der Waals surface area contributed by atoms with Crippen LogP contribution in [0.25, 0.3) is 0 Å². The maximum atomic E-state index is 12.3. The van der Waals surface area contributed by atoms with Gasteiger partial charge in [0.2, 0.25) is 0 Å². The van der Waals surface area contributed by atoms with Gasteiger partial charge in [0.1, 0.15) is 0 Å². The Morgan fingerprint density at radius 1 is 1.26 bits per heavy atom. The molecule has 0 spiro atoms. The van der Waals surface area contributed by atoms with E-state index in [4.69, 9.17) is 5.21 Å². The van der Waals surface area contributed by atoms with Gasteiger partial charge in [0.25, 0.3) is 0 Å². The van der Waals surface area contributed by atoms with Crippen LogP contribution in [-0.2, 0) is 0 Å². The molecule has 0 saturated carbocycles. The molecule has 0 aromatic heterocycles. The second-order valence-corrected chi connectivity index (χ2v) is 4.52. The van der Waals surface area contributed by atoms with E-state index in [0.29, 0.717) is 36.3 Å². The van der Waals surface area contributed by atoms with Crippen LogP contribution >= 0.6 is 0 Å². The first-order valence-electron chi connectivity index (χ1n) is 6.13. The number of oxime groups is 1. The third kappa shape index (κ3) is 3.39. The topological polar surface area (TPSA) is 35.8 Å². The minimum Gasteiger partial charge on any atom is -0.411 e. The summed E-state index contributed by atoms with van der Waals surface area (Å²) in [6, 6.07) is 7.11. The van der Waals surface area contributed by atoms with Crippen molar-refractivity contribution in [3.63, 3.8) is 0 Å². The van der Waals surface area contributed by atoms with Crippen molar-refractivity contribution in [1.82, 2.24) is 0 Å². The number of nitrogens with zero attached hydrogens (tertiary/aromatic N) is 2. The molecule has 0 unspecified atom stereocenters. The van der Waals surface area contributed by atoms with Gasteiger partial charge in [-0.05, 0) is 18.9 Å². The lowest BCUT2D eigenvalue weighted by Gasteiger charge is -2.25. The molecule has 0 radical (unpaired) electrons. The highest BCUT2D eigenvalue weighted by atomic mass is 19.4. The van der Waals surface area contributed by atoms with Crippen molar-refractivity contribution in [3.8, 4) is 0 Å². The molecule has 1 aromatic carbocycles. The third-order valence-corrected chi connectivity index (χ3v) is 3.18. The number of para-hydroxylation sites is 1. The van der Waals surface area contributed by atoms with Crippen molar-refractivity contribution in [2.75, 3.05) is 18.0 Å². The molecule has 19 heavy (non-hydrogen) atoms. The summed E-state index contributed by atoms with van der Waals surface area (Å²) in [4.78, 5) is 1.71. The fraction of sp³-hybridized carbons (Fsp3) is 0.462. The Morgan fingerprint density at radius 3 is 2.68 bits per heavy atom. The quantitative estimate of drug-likeness (QED) is 0.661. The highest BCUT2D eigenvalue weighted by molar-refractivity contribution is 6.05. The fourth-order valence-corrected chi connectivity index (χ4v) is 2.28. The molecule has 1 N–H and O–H groups in total. The third-order valence-electron chi connectivity index (χ3n) is 3.18. The summed E-state index contributed by atoms with van der Waals surface area (Å²) in [5.74, 6) is 0. The Labute approximate surface area is 109 Å². The van der Waals surface area contributed by atoms with Crippen LogP contribution < -0.4 is 4.90 Å². The molecule has 3 nitrogen and oxygen atoms in total. The predicted molar refractivity (Wildman–Crippen MR) is 66.9 cm³/mol. The molecule has 1 aliphatic rings. The molecule has 1 aliphatic heterocycles. The zero-order valence-electron chi connectivity index (χ0n) is 10.3. The van der Waals surface area contributed by atoms with E-state index in [1.165, 1.54) is 0 Å². The summed E-state index contributed by atoms with van der Waals surface area (Å²) in [5, 5.41) is 12.3. The Morgan fingerprint density at radius 2 is 2.00 bits per heavy atom. The number of anilines is 1. The molecule has 0 amide bonds. The Bertz CT molecular complexity index is 471. The summed E-state index contributed by atoms with van der Waals surface area (Å²) < 4.78 is 37.0. The van der Waals surface area contributed by atoms with Crippen molar-refractivity contribution in [2.24, 2.45) is 5.16 Å². The van der Waals surface area contributed by atoms with Crippen molar-refractivity contribution in [1.29, 1.82) is 0 Å². The summed E-state index contributed by atoms with van der Waals surface area (Å²) in [6.07, 6.45) is -3.76. The van der Waals surface area contributed by atoms with Gasteiger partial charge in [-0.15, -0.1) is 0 Å². The van der Waals surface area contributed by atoms with Crippen molar-refractivity contribution < 1.29 is 18.4 Å². The van der Waals surface area contributed by atoms with E-state index in [1.807, 2.05) is 0 Å². The van der Waals surface area contributed by atoms with E-state index >= 15 is 0 Å². The minimum atomic E-state index is -4.16. The fourth-order valence-electron chi connectivity index (χ4n) is 2.28. The molecule has 1 heterocycles. The summed E-state index contributed by atoms with van der Waals surface area (Å²) in [7, 11) is 0. The largest absolute Gasteiger partial charge is 0.411 e. The van der Waals surface area contributed by atoms with Crippen LogP contribution in [0.1, 0.15) is 24.8 Å². The smallest absolute Gasteiger partial charge is 0.390 e. The average molecular weight is 272 g/mol. The zero-order chi connectivity index (χ0) is 13.9. The second kappa shape index (κ2) is 5.50. The summed E-state index contributed by atoms with van der Waals surface area (Å²) in [5.41, 5.74) is 1.95. The zero-order valence-corrected chi connectivity index (χ0v) is 10.3. The van der Waals surface area contributed by atoms with Crippen LogP contribution in [0.2, 0.25) is 0 Å². The number of rotatable bonds is 2. The van der Waals surface area contributed by atoms with Gasteiger partial charge in [-0.1, -0.05) is 23.4 Å². The molecule has 2 rings (SSSR count). The number of benzene rings is 1. The van der Waals surface area contributed by atoms with Gasteiger partial charge >= 0.3 is 6.18 Å². The van der Waals surface area contributed by atoms with E-state index in [0.717, 1.165) is 0 Å². The minimum absolute atomic E-state index is 0.0702. The van der Waals surface area contributed by atoms with Crippen LogP contribution in [0.15, 0.2) is 29.4 Å². The van der Waals surface area contributed by atoms with Crippen molar-refractivity contribution in [3.05, 3.63) is 29.8 Å². The first kappa shape index (κ1) is 13.7. The molecule has 0 atom stereocenters. The number of fused-ring (bicyclic) bond motifs is 1. The van der Waals surface area contributed by atoms with Crippen LogP contribution in [0.4, 0.5) is 18.9 Å². The Kier molecular flexibility index (Phi) is 3.97.